The molecular formula is C11H23N. The van der Waals surface area contributed by atoms with Gasteiger partial charge in [-0.1, -0.05) is 26.7 Å². The van der Waals surface area contributed by atoms with E-state index in [9.17, 15) is 0 Å². The van der Waals surface area contributed by atoms with E-state index in [2.05, 4.69) is 25.8 Å². The highest BCUT2D eigenvalue weighted by Crippen LogP contribution is 2.33. The predicted octanol–water partition coefficient (Wildman–Crippen LogP) is 2.91. The molecule has 0 bridgehead atoms. The van der Waals surface area contributed by atoms with E-state index in [0.29, 0.717) is 0 Å². The van der Waals surface area contributed by atoms with Crippen LogP contribution in [-0.4, -0.2) is 24.5 Å². The SMILES string of the molecule is CCCCN(C)C1CCC1CC. The van der Waals surface area contributed by atoms with Gasteiger partial charge in [0.15, 0.2) is 0 Å². The molecule has 0 aliphatic heterocycles. The van der Waals surface area contributed by atoms with Gasteiger partial charge in [-0.2, -0.15) is 0 Å². The molecule has 0 spiro atoms. The third-order valence-corrected chi connectivity index (χ3v) is 3.33. The molecule has 1 aliphatic carbocycles. The minimum Gasteiger partial charge on any atom is -0.303 e. The monoisotopic (exact) mass is 169 g/mol. The van der Waals surface area contributed by atoms with Crippen molar-refractivity contribution in [3.05, 3.63) is 0 Å². The van der Waals surface area contributed by atoms with E-state index in [-0.39, 0.29) is 0 Å². The number of rotatable bonds is 5. The predicted molar refractivity (Wildman–Crippen MR) is 54.3 cm³/mol. The second kappa shape index (κ2) is 4.86. The Hall–Kier alpha value is -0.0400. The van der Waals surface area contributed by atoms with Crippen LogP contribution in [0.5, 0.6) is 0 Å². The maximum Gasteiger partial charge on any atom is 0.0120 e. The Labute approximate surface area is 77.1 Å². The van der Waals surface area contributed by atoms with E-state index in [1.54, 1.807) is 0 Å². The van der Waals surface area contributed by atoms with Crippen molar-refractivity contribution >= 4 is 0 Å². The molecule has 1 fully saturated rings. The lowest BCUT2D eigenvalue weighted by Crippen LogP contribution is -2.45. The summed E-state index contributed by atoms with van der Waals surface area (Å²) in [5, 5.41) is 0. The number of nitrogens with zero attached hydrogens (tertiary/aromatic N) is 1. The fourth-order valence-corrected chi connectivity index (χ4v) is 2.18. The highest BCUT2D eigenvalue weighted by Gasteiger charge is 2.31. The van der Waals surface area contributed by atoms with Crippen molar-refractivity contribution in [1.82, 2.24) is 4.90 Å². The molecule has 0 aromatic carbocycles. The van der Waals surface area contributed by atoms with E-state index >= 15 is 0 Å². The Morgan fingerprint density at radius 3 is 2.42 bits per heavy atom. The normalized spacial score (nSPS) is 29.0. The fraction of sp³-hybridized carbons (Fsp3) is 1.00. The zero-order valence-electron chi connectivity index (χ0n) is 8.84. The molecule has 72 valence electrons. The van der Waals surface area contributed by atoms with E-state index in [1.807, 2.05) is 0 Å². The van der Waals surface area contributed by atoms with E-state index in [1.165, 1.54) is 38.6 Å². The minimum atomic E-state index is 0.918. The molecule has 0 heterocycles. The first-order chi connectivity index (χ1) is 5.79. The maximum absolute atomic E-state index is 2.57. The molecule has 2 atom stereocenters. The van der Waals surface area contributed by atoms with Crippen LogP contribution >= 0.6 is 0 Å². The molecule has 0 aromatic heterocycles. The molecule has 1 heteroatoms. The van der Waals surface area contributed by atoms with Crippen molar-refractivity contribution < 1.29 is 0 Å². The summed E-state index contributed by atoms with van der Waals surface area (Å²) in [5.74, 6) is 1.01. The Kier molecular flexibility index (Phi) is 4.07. The Morgan fingerprint density at radius 2 is 2.00 bits per heavy atom. The average Bonchev–Trinajstić information content (AvgIpc) is 2.00. The molecule has 0 aromatic rings. The first-order valence-electron chi connectivity index (χ1n) is 5.49. The van der Waals surface area contributed by atoms with E-state index in [4.69, 9.17) is 0 Å². The largest absolute Gasteiger partial charge is 0.303 e. The third-order valence-electron chi connectivity index (χ3n) is 3.33. The van der Waals surface area contributed by atoms with Gasteiger partial charge in [0.25, 0.3) is 0 Å². The minimum absolute atomic E-state index is 0.918. The van der Waals surface area contributed by atoms with Crippen LogP contribution in [0.15, 0.2) is 0 Å². The van der Waals surface area contributed by atoms with Gasteiger partial charge in [0.2, 0.25) is 0 Å². The molecule has 12 heavy (non-hydrogen) atoms. The smallest absolute Gasteiger partial charge is 0.0120 e. The first-order valence-corrected chi connectivity index (χ1v) is 5.49. The Balaban J connectivity index is 2.18. The van der Waals surface area contributed by atoms with Crippen molar-refractivity contribution in [2.45, 2.75) is 52.0 Å². The van der Waals surface area contributed by atoms with Gasteiger partial charge < -0.3 is 4.90 Å². The van der Waals surface area contributed by atoms with Crippen LogP contribution in [0, 0.1) is 5.92 Å². The zero-order valence-corrected chi connectivity index (χ0v) is 8.84. The van der Waals surface area contributed by atoms with Crippen LogP contribution in [0.3, 0.4) is 0 Å². The molecule has 1 rings (SSSR count). The summed E-state index contributed by atoms with van der Waals surface area (Å²) in [6.45, 7) is 5.90. The van der Waals surface area contributed by atoms with Gasteiger partial charge in [-0.05, 0) is 38.8 Å². The molecule has 0 radical (unpaired) electrons. The zero-order chi connectivity index (χ0) is 8.97. The van der Waals surface area contributed by atoms with Crippen LogP contribution in [0.25, 0.3) is 0 Å². The standard InChI is InChI=1S/C11H23N/c1-4-6-9-12(3)11-8-7-10(11)5-2/h10-11H,4-9H2,1-3H3. The number of hydrogen-bond acceptors (Lipinski definition) is 1. The summed E-state index contributed by atoms with van der Waals surface area (Å²) in [5.41, 5.74) is 0. The lowest BCUT2D eigenvalue weighted by molar-refractivity contribution is 0.0808. The number of unbranched alkanes of at least 4 members (excludes halogenated alkanes) is 1. The van der Waals surface area contributed by atoms with Crippen LogP contribution in [0.4, 0.5) is 0 Å². The van der Waals surface area contributed by atoms with Gasteiger partial charge in [-0.15, -0.1) is 0 Å². The molecule has 1 nitrogen and oxygen atoms in total. The third kappa shape index (κ3) is 2.22. The average molecular weight is 169 g/mol. The summed E-state index contributed by atoms with van der Waals surface area (Å²) in [6.07, 6.45) is 6.98. The molecule has 0 amide bonds. The van der Waals surface area contributed by atoms with E-state index < -0.39 is 0 Å². The van der Waals surface area contributed by atoms with Crippen LogP contribution in [0.1, 0.15) is 46.0 Å². The maximum atomic E-state index is 2.57. The molecular weight excluding hydrogens is 146 g/mol. The van der Waals surface area contributed by atoms with Crippen LogP contribution < -0.4 is 0 Å². The van der Waals surface area contributed by atoms with Gasteiger partial charge in [0.05, 0.1) is 0 Å². The quantitative estimate of drug-likeness (QED) is 0.611. The molecule has 1 aliphatic rings. The van der Waals surface area contributed by atoms with Gasteiger partial charge in [0, 0.05) is 6.04 Å². The summed E-state index contributed by atoms with van der Waals surface area (Å²) >= 11 is 0. The van der Waals surface area contributed by atoms with Crippen molar-refractivity contribution in [2.24, 2.45) is 5.92 Å². The Morgan fingerprint density at radius 1 is 1.25 bits per heavy atom. The second-order valence-corrected chi connectivity index (χ2v) is 4.15. The van der Waals surface area contributed by atoms with Gasteiger partial charge in [-0.25, -0.2) is 0 Å². The summed E-state index contributed by atoms with van der Waals surface area (Å²) in [4.78, 5) is 2.57. The second-order valence-electron chi connectivity index (χ2n) is 4.15. The van der Waals surface area contributed by atoms with Crippen LogP contribution in [0.2, 0.25) is 0 Å². The van der Waals surface area contributed by atoms with Gasteiger partial charge in [-0.3, -0.25) is 0 Å². The molecule has 2 unspecified atom stereocenters. The van der Waals surface area contributed by atoms with Crippen molar-refractivity contribution in [1.29, 1.82) is 0 Å². The fourth-order valence-electron chi connectivity index (χ4n) is 2.18. The summed E-state index contributed by atoms with van der Waals surface area (Å²) < 4.78 is 0. The Bertz CT molecular complexity index is 120. The number of hydrogen-bond donors (Lipinski definition) is 0. The van der Waals surface area contributed by atoms with Gasteiger partial charge in [0.1, 0.15) is 0 Å². The van der Waals surface area contributed by atoms with Crippen LogP contribution in [-0.2, 0) is 0 Å². The lowest BCUT2D eigenvalue weighted by atomic mass is 9.77. The van der Waals surface area contributed by atoms with E-state index in [0.717, 1.165) is 12.0 Å². The van der Waals surface area contributed by atoms with Crippen molar-refractivity contribution in [2.75, 3.05) is 13.6 Å². The topological polar surface area (TPSA) is 3.24 Å². The highest BCUT2D eigenvalue weighted by atomic mass is 15.1. The molecule has 0 N–H and O–H groups in total. The van der Waals surface area contributed by atoms with Crippen molar-refractivity contribution in [3.63, 3.8) is 0 Å². The summed E-state index contributed by atoms with van der Waals surface area (Å²) in [7, 11) is 2.29. The summed E-state index contributed by atoms with van der Waals surface area (Å²) in [6, 6.07) is 0.918. The van der Waals surface area contributed by atoms with Gasteiger partial charge >= 0.3 is 0 Å². The highest BCUT2D eigenvalue weighted by molar-refractivity contribution is 4.86. The molecule has 0 saturated heterocycles. The lowest BCUT2D eigenvalue weighted by Gasteiger charge is -2.42. The first kappa shape index (κ1) is 10.0. The van der Waals surface area contributed by atoms with Crippen molar-refractivity contribution in [3.8, 4) is 0 Å². The molecule has 1 saturated carbocycles.